The van der Waals surface area contributed by atoms with Gasteiger partial charge in [-0.1, -0.05) is 0 Å². The molecule has 0 amide bonds. The molecule has 0 spiro atoms. The zero-order valence-electron chi connectivity index (χ0n) is 8.54. The molecule has 0 aromatic heterocycles. The summed E-state index contributed by atoms with van der Waals surface area (Å²) in [6.45, 7) is 0.789. The molecule has 0 N–H and O–H groups in total. The molecule has 2 fully saturated rings. The van der Waals surface area contributed by atoms with E-state index in [1.54, 1.807) is 0 Å². The van der Waals surface area contributed by atoms with Crippen LogP contribution in [-0.4, -0.2) is 30.0 Å². The topological polar surface area (TPSA) is 26.3 Å². The van der Waals surface area contributed by atoms with Gasteiger partial charge >= 0.3 is 0 Å². The Balaban J connectivity index is 1.75. The van der Waals surface area contributed by atoms with Gasteiger partial charge in [0.15, 0.2) is 5.78 Å². The Hall–Kier alpha value is -0.0200. The van der Waals surface area contributed by atoms with Crippen LogP contribution in [0.1, 0.15) is 32.1 Å². The Morgan fingerprint density at radius 1 is 1.29 bits per heavy atom. The first-order valence-corrected chi connectivity index (χ1v) is 6.74. The van der Waals surface area contributed by atoms with Gasteiger partial charge in [0.25, 0.3) is 0 Å². The van der Waals surface area contributed by atoms with Gasteiger partial charge in [0.05, 0.1) is 0 Å². The SMILES string of the molecule is O=C(CC1CCSCC1)C1CCCO1. The lowest BCUT2D eigenvalue weighted by Crippen LogP contribution is -2.23. The molecule has 2 saturated heterocycles. The zero-order valence-corrected chi connectivity index (χ0v) is 9.35. The number of carbonyl (C=O) groups is 1. The molecule has 0 bridgehead atoms. The molecule has 1 atom stereocenters. The first-order chi connectivity index (χ1) is 6.86. The number of ketones is 1. The number of hydrogen-bond donors (Lipinski definition) is 0. The van der Waals surface area contributed by atoms with Crippen molar-refractivity contribution in [3.05, 3.63) is 0 Å². The lowest BCUT2D eigenvalue weighted by Gasteiger charge is -2.21. The second kappa shape index (κ2) is 5.17. The molecule has 1 unspecified atom stereocenters. The van der Waals surface area contributed by atoms with Crippen molar-refractivity contribution in [2.45, 2.75) is 38.2 Å². The van der Waals surface area contributed by atoms with E-state index in [1.807, 2.05) is 11.8 Å². The van der Waals surface area contributed by atoms with E-state index in [9.17, 15) is 4.79 Å². The summed E-state index contributed by atoms with van der Waals surface area (Å²) in [5.74, 6) is 3.49. The van der Waals surface area contributed by atoms with Gasteiger partial charge in [-0.25, -0.2) is 0 Å². The molecule has 0 aromatic carbocycles. The highest BCUT2D eigenvalue weighted by atomic mass is 32.2. The molecular formula is C11H18O2S. The minimum absolute atomic E-state index is 0.0513. The molecule has 0 aromatic rings. The Kier molecular flexibility index (Phi) is 3.88. The van der Waals surface area contributed by atoms with Crippen LogP contribution in [0, 0.1) is 5.92 Å². The van der Waals surface area contributed by atoms with Crippen LogP contribution in [0.15, 0.2) is 0 Å². The van der Waals surface area contributed by atoms with Crippen LogP contribution in [0.2, 0.25) is 0 Å². The van der Waals surface area contributed by atoms with Crippen molar-refractivity contribution in [3.8, 4) is 0 Å². The van der Waals surface area contributed by atoms with Gasteiger partial charge in [-0.15, -0.1) is 0 Å². The summed E-state index contributed by atoms with van der Waals surface area (Å²) in [7, 11) is 0. The smallest absolute Gasteiger partial charge is 0.161 e. The highest BCUT2D eigenvalue weighted by Crippen LogP contribution is 2.27. The predicted octanol–water partition coefficient (Wildman–Crippen LogP) is 2.27. The summed E-state index contributed by atoms with van der Waals surface area (Å²) >= 11 is 2.02. The van der Waals surface area contributed by atoms with Gasteiger partial charge in [-0.05, 0) is 43.1 Å². The van der Waals surface area contributed by atoms with E-state index in [4.69, 9.17) is 4.74 Å². The third kappa shape index (κ3) is 2.74. The summed E-state index contributed by atoms with van der Waals surface area (Å²) in [5.41, 5.74) is 0. The maximum atomic E-state index is 11.8. The third-order valence-corrected chi connectivity index (χ3v) is 4.17. The molecule has 2 aliphatic heterocycles. The molecule has 14 heavy (non-hydrogen) atoms. The minimum atomic E-state index is -0.0513. The van der Waals surface area contributed by atoms with Crippen LogP contribution in [0.4, 0.5) is 0 Å². The van der Waals surface area contributed by atoms with Crippen molar-refractivity contribution >= 4 is 17.5 Å². The van der Waals surface area contributed by atoms with Crippen molar-refractivity contribution < 1.29 is 9.53 Å². The summed E-state index contributed by atoms with van der Waals surface area (Å²) in [4.78, 5) is 11.8. The maximum Gasteiger partial charge on any atom is 0.161 e. The molecular weight excluding hydrogens is 196 g/mol. The molecule has 3 heteroatoms. The molecule has 2 rings (SSSR count). The van der Waals surface area contributed by atoms with E-state index >= 15 is 0 Å². The molecule has 0 aliphatic carbocycles. The first-order valence-electron chi connectivity index (χ1n) is 5.58. The van der Waals surface area contributed by atoms with Crippen LogP contribution in [-0.2, 0) is 9.53 Å². The summed E-state index contributed by atoms with van der Waals surface area (Å²) in [6, 6.07) is 0. The Bertz CT molecular complexity index is 193. The average molecular weight is 214 g/mol. The van der Waals surface area contributed by atoms with Crippen LogP contribution >= 0.6 is 11.8 Å². The van der Waals surface area contributed by atoms with Crippen LogP contribution in [0.5, 0.6) is 0 Å². The first kappa shape index (κ1) is 10.5. The van der Waals surface area contributed by atoms with Crippen molar-refractivity contribution in [3.63, 3.8) is 0 Å². The normalized spacial score (nSPS) is 29.3. The van der Waals surface area contributed by atoms with Crippen molar-refractivity contribution in [2.24, 2.45) is 5.92 Å². The van der Waals surface area contributed by atoms with Gasteiger partial charge in [0.1, 0.15) is 6.10 Å². The fourth-order valence-corrected chi connectivity index (χ4v) is 3.40. The second-order valence-electron chi connectivity index (χ2n) is 4.23. The van der Waals surface area contributed by atoms with E-state index in [0.29, 0.717) is 11.7 Å². The number of thioether (sulfide) groups is 1. The molecule has 2 nitrogen and oxygen atoms in total. The number of hydrogen-bond acceptors (Lipinski definition) is 3. The Labute approximate surface area is 89.8 Å². The van der Waals surface area contributed by atoms with Gasteiger partial charge in [-0.2, -0.15) is 11.8 Å². The number of Topliss-reactive ketones (excluding diaryl/α,β-unsaturated/α-hetero) is 1. The van der Waals surface area contributed by atoms with E-state index in [-0.39, 0.29) is 6.10 Å². The van der Waals surface area contributed by atoms with Crippen LogP contribution in [0.3, 0.4) is 0 Å². The monoisotopic (exact) mass is 214 g/mol. The second-order valence-corrected chi connectivity index (χ2v) is 5.45. The van der Waals surface area contributed by atoms with Crippen molar-refractivity contribution in [2.75, 3.05) is 18.1 Å². The lowest BCUT2D eigenvalue weighted by molar-refractivity contribution is -0.128. The maximum absolute atomic E-state index is 11.8. The lowest BCUT2D eigenvalue weighted by atomic mass is 9.94. The van der Waals surface area contributed by atoms with E-state index in [1.165, 1.54) is 24.3 Å². The molecule has 80 valence electrons. The zero-order chi connectivity index (χ0) is 9.80. The Morgan fingerprint density at radius 2 is 2.07 bits per heavy atom. The minimum Gasteiger partial charge on any atom is -0.370 e. The van der Waals surface area contributed by atoms with Crippen molar-refractivity contribution in [1.29, 1.82) is 0 Å². The van der Waals surface area contributed by atoms with Gasteiger partial charge in [0, 0.05) is 13.0 Å². The highest BCUT2D eigenvalue weighted by molar-refractivity contribution is 7.99. The van der Waals surface area contributed by atoms with Gasteiger partial charge in [-0.3, -0.25) is 4.79 Å². The average Bonchev–Trinajstić information content (AvgIpc) is 2.72. The van der Waals surface area contributed by atoms with E-state index < -0.39 is 0 Å². The number of rotatable bonds is 3. The number of ether oxygens (including phenoxy) is 1. The van der Waals surface area contributed by atoms with Gasteiger partial charge in [0.2, 0.25) is 0 Å². The fourth-order valence-electron chi connectivity index (χ4n) is 2.20. The molecule has 2 aliphatic rings. The summed E-state index contributed by atoms with van der Waals surface area (Å²) < 4.78 is 5.40. The number of carbonyl (C=O) groups excluding carboxylic acids is 1. The quantitative estimate of drug-likeness (QED) is 0.721. The summed E-state index contributed by atoms with van der Waals surface area (Å²) in [5, 5.41) is 0. The van der Waals surface area contributed by atoms with Crippen molar-refractivity contribution in [1.82, 2.24) is 0 Å². The van der Waals surface area contributed by atoms with E-state index in [0.717, 1.165) is 25.9 Å². The largest absolute Gasteiger partial charge is 0.370 e. The van der Waals surface area contributed by atoms with Crippen LogP contribution < -0.4 is 0 Å². The van der Waals surface area contributed by atoms with Gasteiger partial charge < -0.3 is 4.74 Å². The fraction of sp³-hybridized carbons (Fsp3) is 0.909. The van der Waals surface area contributed by atoms with E-state index in [2.05, 4.69) is 0 Å². The molecule has 2 heterocycles. The van der Waals surface area contributed by atoms with Crippen LogP contribution in [0.25, 0.3) is 0 Å². The summed E-state index contributed by atoms with van der Waals surface area (Å²) in [6.07, 6.45) is 5.19. The highest BCUT2D eigenvalue weighted by Gasteiger charge is 2.26. The Morgan fingerprint density at radius 3 is 2.71 bits per heavy atom. The standard InChI is InChI=1S/C11H18O2S/c12-10(11-2-1-5-13-11)8-9-3-6-14-7-4-9/h9,11H,1-8H2. The third-order valence-electron chi connectivity index (χ3n) is 3.12. The predicted molar refractivity (Wildman–Crippen MR) is 58.6 cm³/mol. The molecule has 0 radical (unpaired) electrons. The molecule has 0 saturated carbocycles.